The van der Waals surface area contributed by atoms with Gasteiger partial charge in [-0.25, -0.2) is 0 Å². The lowest BCUT2D eigenvalue weighted by Crippen LogP contribution is -2.33. The van der Waals surface area contributed by atoms with Crippen molar-refractivity contribution in [2.75, 3.05) is 13.2 Å². The van der Waals surface area contributed by atoms with Crippen molar-refractivity contribution in [3.63, 3.8) is 0 Å². The summed E-state index contributed by atoms with van der Waals surface area (Å²) in [5.74, 6) is 0.0296. The number of aromatic nitrogens is 2. The molecule has 1 heterocycles. The smallest absolute Gasteiger partial charge is 0.267 e. The third-order valence-corrected chi connectivity index (χ3v) is 3.86. The molecule has 0 radical (unpaired) electrons. The molecule has 0 atom stereocenters. The van der Waals surface area contributed by atoms with E-state index in [0.717, 1.165) is 22.8 Å². The van der Waals surface area contributed by atoms with Crippen molar-refractivity contribution in [1.82, 2.24) is 14.5 Å². The van der Waals surface area contributed by atoms with Crippen LogP contribution in [0.15, 0.2) is 30.3 Å². The SMILES string of the molecule is CC(C)c1nnsc1C(=O)N(CCO)Cc1ccccc1. The molecular formula is C15H19N3O2S. The fraction of sp³-hybridized carbons (Fsp3) is 0.400. The van der Waals surface area contributed by atoms with Crippen molar-refractivity contribution in [3.8, 4) is 0 Å². The molecule has 1 aromatic heterocycles. The zero-order valence-corrected chi connectivity index (χ0v) is 13.0. The van der Waals surface area contributed by atoms with Crippen molar-refractivity contribution < 1.29 is 9.90 Å². The van der Waals surface area contributed by atoms with Crippen LogP contribution in [0.25, 0.3) is 0 Å². The number of aliphatic hydroxyl groups is 1. The van der Waals surface area contributed by atoms with E-state index in [1.165, 1.54) is 0 Å². The van der Waals surface area contributed by atoms with Gasteiger partial charge in [0.1, 0.15) is 4.88 Å². The van der Waals surface area contributed by atoms with E-state index < -0.39 is 0 Å². The summed E-state index contributed by atoms with van der Waals surface area (Å²) < 4.78 is 3.90. The number of carbonyl (C=O) groups is 1. The number of carbonyl (C=O) groups excluding carboxylic acids is 1. The second-order valence-electron chi connectivity index (χ2n) is 5.08. The van der Waals surface area contributed by atoms with Crippen LogP contribution < -0.4 is 0 Å². The van der Waals surface area contributed by atoms with Crippen LogP contribution in [0.3, 0.4) is 0 Å². The van der Waals surface area contributed by atoms with Gasteiger partial charge in [-0.05, 0) is 23.0 Å². The molecule has 0 bridgehead atoms. The van der Waals surface area contributed by atoms with Gasteiger partial charge in [-0.1, -0.05) is 48.7 Å². The predicted octanol–water partition coefficient (Wildman–Crippen LogP) is 2.30. The monoisotopic (exact) mass is 305 g/mol. The second kappa shape index (κ2) is 7.28. The van der Waals surface area contributed by atoms with Gasteiger partial charge in [0, 0.05) is 13.1 Å². The van der Waals surface area contributed by atoms with Crippen LogP contribution in [0.1, 0.15) is 40.7 Å². The van der Waals surface area contributed by atoms with E-state index in [0.29, 0.717) is 18.0 Å². The van der Waals surface area contributed by atoms with Crippen LogP contribution in [-0.2, 0) is 6.54 Å². The first-order chi connectivity index (χ1) is 10.1. The average molecular weight is 305 g/mol. The lowest BCUT2D eigenvalue weighted by atomic mass is 10.1. The maximum absolute atomic E-state index is 12.7. The molecule has 0 aliphatic carbocycles. The molecule has 2 rings (SSSR count). The van der Waals surface area contributed by atoms with Crippen LogP contribution >= 0.6 is 11.5 Å². The molecule has 0 unspecified atom stereocenters. The Labute approximate surface area is 128 Å². The van der Waals surface area contributed by atoms with E-state index in [9.17, 15) is 9.90 Å². The van der Waals surface area contributed by atoms with Gasteiger partial charge in [-0.15, -0.1) is 5.10 Å². The van der Waals surface area contributed by atoms with Gasteiger partial charge >= 0.3 is 0 Å². The van der Waals surface area contributed by atoms with E-state index in [2.05, 4.69) is 9.59 Å². The molecule has 2 aromatic rings. The number of hydrogen-bond donors (Lipinski definition) is 1. The standard InChI is InChI=1S/C15H19N3O2S/c1-11(2)13-14(21-17-16-13)15(20)18(8-9-19)10-12-6-4-3-5-7-12/h3-7,11,19H,8-10H2,1-2H3. The number of nitrogens with zero attached hydrogens (tertiary/aromatic N) is 3. The number of hydrogen-bond acceptors (Lipinski definition) is 5. The van der Waals surface area contributed by atoms with Crippen LogP contribution in [0.5, 0.6) is 0 Å². The van der Waals surface area contributed by atoms with Crippen molar-refractivity contribution in [3.05, 3.63) is 46.5 Å². The summed E-state index contributed by atoms with van der Waals surface area (Å²) in [5.41, 5.74) is 1.75. The molecular weight excluding hydrogens is 286 g/mol. The van der Waals surface area contributed by atoms with Gasteiger partial charge < -0.3 is 10.0 Å². The van der Waals surface area contributed by atoms with Crippen molar-refractivity contribution in [2.24, 2.45) is 0 Å². The number of benzene rings is 1. The minimum absolute atomic E-state index is 0.0676. The lowest BCUT2D eigenvalue weighted by Gasteiger charge is -2.21. The zero-order chi connectivity index (χ0) is 15.2. The van der Waals surface area contributed by atoms with Crippen LogP contribution in [0, 0.1) is 0 Å². The summed E-state index contributed by atoms with van der Waals surface area (Å²) in [4.78, 5) is 14.9. The predicted molar refractivity (Wildman–Crippen MR) is 82.3 cm³/mol. The molecule has 0 aliphatic heterocycles. The lowest BCUT2D eigenvalue weighted by molar-refractivity contribution is 0.0711. The van der Waals surface area contributed by atoms with Gasteiger partial charge in [0.05, 0.1) is 12.3 Å². The third kappa shape index (κ3) is 3.86. The van der Waals surface area contributed by atoms with Crippen LogP contribution in [-0.4, -0.2) is 38.7 Å². The summed E-state index contributed by atoms with van der Waals surface area (Å²) >= 11 is 1.12. The summed E-state index contributed by atoms with van der Waals surface area (Å²) in [6.07, 6.45) is 0. The molecule has 1 N–H and O–H groups in total. The molecule has 0 saturated heterocycles. The highest BCUT2D eigenvalue weighted by atomic mass is 32.1. The Balaban J connectivity index is 2.21. The molecule has 1 aromatic carbocycles. The summed E-state index contributed by atoms with van der Waals surface area (Å²) in [7, 11) is 0. The first-order valence-electron chi connectivity index (χ1n) is 6.89. The number of amides is 1. The van der Waals surface area contributed by atoms with Gasteiger partial charge in [0.2, 0.25) is 0 Å². The van der Waals surface area contributed by atoms with Gasteiger partial charge in [0.15, 0.2) is 0 Å². The Morgan fingerprint density at radius 2 is 2.05 bits per heavy atom. The average Bonchev–Trinajstić information content (AvgIpc) is 2.97. The summed E-state index contributed by atoms with van der Waals surface area (Å²) in [5, 5.41) is 13.3. The number of rotatable bonds is 6. The van der Waals surface area contributed by atoms with Crippen LogP contribution in [0.4, 0.5) is 0 Å². The van der Waals surface area contributed by atoms with Gasteiger partial charge in [0.25, 0.3) is 5.91 Å². The van der Waals surface area contributed by atoms with E-state index >= 15 is 0 Å². The first-order valence-corrected chi connectivity index (χ1v) is 7.67. The van der Waals surface area contributed by atoms with E-state index in [4.69, 9.17) is 0 Å². The van der Waals surface area contributed by atoms with E-state index in [1.807, 2.05) is 44.2 Å². The molecule has 21 heavy (non-hydrogen) atoms. The second-order valence-corrected chi connectivity index (χ2v) is 5.83. The fourth-order valence-corrected chi connectivity index (χ4v) is 2.83. The van der Waals surface area contributed by atoms with Gasteiger partial charge in [-0.3, -0.25) is 4.79 Å². The van der Waals surface area contributed by atoms with Crippen molar-refractivity contribution >= 4 is 17.4 Å². The highest BCUT2D eigenvalue weighted by molar-refractivity contribution is 7.08. The summed E-state index contributed by atoms with van der Waals surface area (Å²) in [6, 6.07) is 9.74. The van der Waals surface area contributed by atoms with E-state index in [-0.39, 0.29) is 18.4 Å². The Bertz CT molecular complexity index is 584. The van der Waals surface area contributed by atoms with Crippen LogP contribution in [0.2, 0.25) is 0 Å². The Hall–Kier alpha value is -1.79. The molecule has 6 heteroatoms. The Morgan fingerprint density at radius 1 is 1.33 bits per heavy atom. The molecule has 5 nitrogen and oxygen atoms in total. The minimum atomic E-state index is -0.119. The maximum atomic E-state index is 12.7. The molecule has 0 saturated carbocycles. The molecule has 112 valence electrons. The summed E-state index contributed by atoms with van der Waals surface area (Å²) in [6.45, 7) is 4.67. The normalized spacial score (nSPS) is 10.9. The molecule has 1 amide bonds. The Kier molecular flexibility index (Phi) is 5.41. The highest BCUT2D eigenvalue weighted by Crippen LogP contribution is 2.22. The van der Waals surface area contributed by atoms with Gasteiger partial charge in [-0.2, -0.15) is 0 Å². The zero-order valence-electron chi connectivity index (χ0n) is 12.2. The van der Waals surface area contributed by atoms with Crippen molar-refractivity contribution in [2.45, 2.75) is 26.3 Å². The maximum Gasteiger partial charge on any atom is 0.267 e. The minimum Gasteiger partial charge on any atom is -0.395 e. The molecule has 0 fully saturated rings. The van der Waals surface area contributed by atoms with Crippen molar-refractivity contribution in [1.29, 1.82) is 0 Å². The molecule has 0 spiro atoms. The fourth-order valence-electron chi connectivity index (χ4n) is 2.04. The third-order valence-electron chi connectivity index (χ3n) is 3.13. The Morgan fingerprint density at radius 3 is 2.67 bits per heavy atom. The topological polar surface area (TPSA) is 66.3 Å². The number of aliphatic hydroxyl groups excluding tert-OH is 1. The quantitative estimate of drug-likeness (QED) is 0.889. The highest BCUT2D eigenvalue weighted by Gasteiger charge is 2.23. The first kappa shape index (κ1) is 15.6. The largest absolute Gasteiger partial charge is 0.395 e. The van der Waals surface area contributed by atoms with E-state index in [1.54, 1.807) is 4.90 Å². The molecule has 0 aliphatic rings.